The Bertz CT molecular complexity index is 549. The third-order valence-corrected chi connectivity index (χ3v) is 4.42. The van der Waals surface area contributed by atoms with E-state index >= 15 is 0 Å². The summed E-state index contributed by atoms with van der Waals surface area (Å²) in [4.78, 5) is 6.89. The number of rotatable bonds is 2. The van der Waals surface area contributed by atoms with Crippen molar-refractivity contribution in [3.8, 4) is 0 Å². The summed E-state index contributed by atoms with van der Waals surface area (Å²) in [5.74, 6) is 0. The van der Waals surface area contributed by atoms with Gasteiger partial charge < -0.3 is 10.2 Å². The summed E-state index contributed by atoms with van der Waals surface area (Å²) in [6, 6.07) is 7.08. The predicted octanol–water partition coefficient (Wildman–Crippen LogP) is 3.11. The van der Waals surface area contributed by atoms with E-state index in [4.69, 9.17) is 0 Å². The molecule has 1 aromatic carbocycles. The van der Waals surface area contributed by atoms with Gasteiger partial charge in [0.1, 0.15) is 0 Å². The summed E-state index contributed by atoms with van der Waals surface area (Å²) < 4.78 is 1.28. The number of hydrogen-bond acceptors (Lipinski definition) is 4. The van der Waals surface area contributed by atoms with Crippen molar-refractivity contribution in [1.29, 1.82) is 0 Å². The van der Waals surface area contributed by atoms with Crippen LogP contribution >= 0.6 is 11.3 Å². The number of anilines is 1. The first-order chi connectivity index (χ1) is 8.70. The highest BCUT2D eigenvalue weighted by Crippen LogP contribution is 2.25. The van der Waals surface area contributed by atoms with Crippen molar-refractivity contribution in [2.45, 2.75) is 25.8 Å². The van der Waals surface area contributed by atoms with Crippen LogP contribution < -0.4 is 5.32 Å². The van der Waals surface area contributed by atoms with Gasteiger partial charge in [-0.15, -0.1) is 11.3 Å². The van der Waals surface area contributed by atoms with Crippen molar-refractivity contribution in [3.63, 3.8) is 0 Å². The van der Waals surface area contributed by atoms with E-state index in [9.17, 15) is 0 Å². The largest absolute Gasteiger partial charge is 0.381 e. The zero-order valence-corrected chi connectivity index (χ0v) is 11.8. The molecule has 4 heteroatoms. The lowest BCUT2D eigenvalue weighted by Gasteiger charge is -2.30. The van der Waals surface area contributed by atoms with Crippen molar-refractivity contribution >= 4 is 27.2 Å². The van der Waals surface area contributed by atoms with Gasteiger partial charge in [0, 0.05) is 18.3 Å². The van der Waals surface area contributed by atoms with Crippen molar-refractivity contribution in [3.05, 3.63) is 23.2 Å². The first-order valence-corrected chi connectivity index (χ1v) is 7.34. The number of piperidine rings is 1. The van der Waals surface area contributed by atoms with Crippen molar-refractivity contribution in [2.75, 3.05) is 25.5 Å². The van der Waals surface area contributed by atoms with Crippen LogP contribution in [0.3, 0.4) is 0 Å². The summed E-state index contributed by atoms with van der Waals surface area (Å²) in [6.07, 6.45) is 2.56. The van der Waals surface area contributed by atoms with Crippen molar-refractivity contribution < 1.29 is 0 Å². The molecule has 0 radical (unpaired) electrons. The van der Waals surface area contributed by atoms with Crippen LogP contribution in [0.2, 0.25) is 0 Å². The Labute approximate surface area is 112 Å². The Kier molecular flexibility index (Phi) is 3.22. The SMILES string of the molecule is Cc1nc2ccc(NC3CCCN(C)C3)cc2s1. The Morgan fingerprint density at radius 2 is 2.33 bits per heavy atom. The van der Waals surface area contributed by atoms with E-state index in [0.717, 1.165) is 17.1 Å². The average molecular weight is 261 g/mol. The van der Waals surface area contributed by atoms with E-state index in [1.807, 2.05) is 0 Å². The van der Waals surface area contributed by atoms with E-state index in [1.54, 1.807) is 11.3 Å². The first-order valence-electron chi connectivity index (χ1n) is 6.53. The summed E-state index contributed by atoms with van der Waals surface area (Å²) in [7, 11) is 2.20. The van der Waals surface area contributed by atoms with Crippen LogP contribution in [-0.4, -0.2) is 36.1 Å². The molecule has 1 unspecified atom stereocenters. The third-order valence-electron chi connectivity index (χ3n) is 3.49. The fraction of sp³-hybridized carbons (Fsp3) is 0.500. The molecule has 0 bridgehead atoms. The van der Waals surface area contributed by atoms with Gasteiger partial charge in [0.15, 0.2) is 0 Å². The third kappa shape index (κ3) is 2.49. The molecule has 18 heavy (non-hydrogen) atoms. The molecule has 1 fully saturated rings. The van der Waals surface area contributed by atoms with E-state index in [-0.39, 0.29) is 0 Å². The number of aryl methyl sites for hydroxylation is 1. The molecule has 1 saturated heterocycles. The number of aromatic nitrogens is 1. The molecule has 1 N–H and O–H groups in total. The summed E-state index contributed by atoms with van der Waals surface area (Å²) in [6.45, 7) is 4.43. The lowest BCUT2D eigenvalue weighted by Crippen LogP contribution is -2.39. The van der Waals surface area contributed by atoms with Crippen LogP contribution in [0.25, 0.3) is 10.2 Å². The minimum atomic E-state index is 0.579. The van der Waals surface area contributed by atoms with Gasteiger partial charge in [0.25, 0.3) is 0 Å². The molecule has 2 heterocycles. The highest BCUT2D eigenvalue weighted by atomic mass is 32.1. The first kappa shape index (κ1) is 11.9. The zero-order valence-electron chi connectivity index (χ0n) is 10.9. The maximum absolute atomic E-state index is 4.50. The highest BCUT2D eigenvalue weighted by molar-refractivity contribution is 7.18. The minimum Gasteiger partial charge on any atom is -0.381 e. The molecule has 1 aromatic heterocycles. The molecule has 96 valence electrons. The normalized spacial score (nSPS) is 21.3. The molecular formula is C14H19N3S. The number of nitrogens with zero attached hydrogens (tertiary/aromatic N) is 2. The smallest absolute Gasteiger partial charge is 0.0907 e. The molecular weight excluding hydrogens is 242 g/mol. The number of likely N-dealkylation sites (N-methyl/N-ethyl adjacent to an activating group) is 1. The van der Waals surface area contributed by atoms with Gasteiger partial charge in [-0.25, -0.2) is 4.98 Å². The molecule has 0 aliphatic carbocycles. The quantitative estimate of drug-likeness (QED) is 0.900. The second kappa shape index (κ2) is 4.86. The van der Waals surface area contributed by atoms with Gasteiger partial charge in [-0.2, -0.15) is 0 Å². The number of benzene rings is 1. The number of fused-ring (bicyclic) bond motifs is 1. The fourth-order valence-corrected chi connectivity index (χ4v) is 3.52. The van der Waals surface area contributed by atoms with Gasteiger partial charge in [-0.1, -0.05) is 0 Å². The molecule has 0 amide bonds. The molecule has 3 rings (SSSR count). The van der Waals surface area contributed by atoms with E-state index in [1.165, 1.54) is 29.8 Å². The van der Waals surface area contributed by atoms with Gasteiger partial charge in [0.2, 0.25) is 0 Å². The number of nitrogens with one attached hydrogen (secondary N) is 1. The predicted molar refractivity (Wildman–Crippen MR) is 78.5 cm³/mol. The Morgan fingerprint density at radius 1 is 1.44 bits per heavy atom. The van der Waals surface area contributed by atoms with Crippen LogP contribution in [0.5, 0.6) is 0 Å². The number of thiazole rings is 1. The van der Waals surface area contributed by atoms with Gasteiger partial charge >= 0.3 is 0 Å². The Balaban J connectivity index is 1.77. The highest BCUT2D eigenvalue weighted by Gasteiger charge is 2.16. The van der Waals surface area contributed by atoms with Gasteiger partial charge in [0.05, 0.1) is 15.2 Å². The molecule has 2 aromatic rings. The Hall–Kier alpha value is -1.13. The molecule has 0 spiro atoms. The number of hydrogen-bond donors (Lipinski definition) is 1. The maximum atomic E-state index is 4.50. The second-order valence-corrected chi connectivity index (χ2v) is 6.40. The van der Waals surface area contributed by atoms with Crippen molar-refractivity contribution in [1.82, 2.24) is 9.88 Å². The molecule has 3 nitrogen and oxygen atoms in total. The van der Waals surface area contributed by atoms with Crippen LogP contribution in [-0.2, 0) is 0 Å². The van der Waals surface area contributed by atoms with Crippen molar-refractivity contribution in [2.24, 2.45) is 0 Å². The summed E-state index contributed by atoms with van der Waals surface area (Å²) in [5, 5.41) is 4.79. The molecule has 1 atom stereocenters. The fourth-order valence-electron chi connectivity index (χ4n) is 2.65. The van der Waals surface area contributed by atoms with Gasteiger partial charge in [-0.3, -0.25) is 0 Å². The monoisotopic (exact) mass is 261 g/mol. The van der Waals surface area contributed by atoms with Crippen LogP contribution in [0.15, 0.2) is 18.2 Å². The molecule has 1 aliphatic rings. The molecule has 1 aliphatic heterocycles. The van der Waals surface area contributed by atoms with Crippen LogP contribution in [0.1, 0.15) is 17.8 Å². The number of likely N-dealkylation sites (tertiary alicyclic amines) is 1. The maximum Gasteiger partial charge on any atom is 0.0907 e. The summed E-state index contributed by atoms with van der Waals surface area (Å²) >= 11 is 1.77. The standard InChI is InChI=1S/C14H19N3S/c1-10-15-13-6-5-11(8-14(13)18-10)16-12-4-3-7-17(2)9-12/h5-6,8,12,16H,3-4,7,9H2,1-2H3. The zero-order chi connectivity index (χ0) is 12.5. The lowest BCUT2D eigenvalue weighted by molar-refractivity contribution is 0.261. The van der Waals surface area contributed by atoms with E-state index in [2.05, 4.69) is 47.4 Å². The van der Waals surface area contributed by atoms with Gasteiger partial charge in [-0.05, 0) is 51.6 Å². The molecule has 0 saturated carbocycles. The minimum absolute atomic E-state index is 0.579. The second-order valence-electron chi connectivity index (χ2n) is 5.16. The average Bonchev–Trinajstić information content (AvgIpc) is 2.68. The van der Waals surface area contributed by atoms with Crippen LogP contribution in [0.4, 0.5) is 5.69 Å². The van der Waals surface area contributed by atoms with E-state index in [0.29, 0.717) is 6.04 Å². The lowest BCUT2D eigenvalue weighted by atomic mass is 10.1. The van der Waals surface area contributed by atoms with E-state index < -0.39 is 0 Å². The summed E-state index contributed by atoms with van der Waals surface area (Å²) in [5.41, 5.74) is 2.34. The Morgan fingerprint density at radius 3 is 3.17 bits per heavy atom. The topological polar surface area (TPSA) is 28.2 Å². The van der Waals surface area contributed by atoms with Crippen LogP contribution in [0, 0.1) is 6.92 Å².